The number of nitrogens with two attached hydrogens (primary N) is 1. The molecule has 37 heavy (non-hydrogen) atoms. The molecule has 0 aliphatic carbocycles. The molecule has 0 saturated carbocycles. The third kappa shape index (κ3) is 6.67. The van der Waals surface area contributed by atoms with Crippen molar-refractivity contribution in [2.24, 2.45) is 5.73 Å². The molecule has 0 spiro atoms. The second kappa shape index (κ2) is 12.1. The van der Waals surface area contributed by atoms with Gasteiger partial charge in [-0.1, -0.05) is 72.3 Å². The fourth-order valence-corrected chi connectivity index (χ4v) is 4.02. The first-order valence-corrected chi connectivity index (χ1v) is 12.0. The summed E-state index contributed by atoms with van der Waals surface area (Å²) in [4.78, 5) is 24.4. The summed E-state index contributed by atoms with van der Waals surface area (Å²) in [6.45, 7) is 0.220. The summed E-state index contributed by atoms with van der Waals surface area (Å²) in [5.74, 6) is -0.938. The van der Waals surface area contributed by atoms with Crippen molar-refractivity contribution in [3.05, 3.63) is 113 Å². The van der Waals surface area contributed by atoms with Crippen molar-refractivity contribution in [3.8, 4) is 16.9 Å². The lowest BCUT2D eigenvalue weighted by Crippen LogP contribution is -2.16. The number of amides is 1. The Balaban J connectivity index is 1.60. The van der Waals surface area contributed by atoms with Gasteiger partial charge in [0.05, 0.1) is 5.56 Å². The van der Waals surface area contributed by atoms with Crippen LogP contribution in [-0.4, -0.2) is 23.6 Å². The number of carbonyl (C=O) groups is 2. The number of hydrogen-bond donors (Lipinski definition) is 4. The van der Waals surface area contributed by atoms with Crippen molar-refractivity contribution in [1.82, 2.24) is 0 Å². The zero-order chi connectivity index (χ0) is 26.2. The summed E-state index contributed by atoms with van der Waals surface area (Å²) >= 11 is 6.21. The first-order chi connectivity index (χ1) is 17.9. The molecule has 188 valence electrons. The molecule has 4 aromatic rings. The highest BCUT2D eigenvalue weighted by atomic mass is 35.5. The second-order valence-corrected chi connectivity index (χ2v) is 8.68. The minimum absolute atomic E-state index is 0.280. The second-order valence-electron chi connectivity index (χ2n) is 8.24. The van der Waals surface area contributed by atoms with Gasteiger partial charge in [0.25, 0.3) is 5.91 Å². The molecular weight excluding hydrogens is 490 g/mol. The van der Waals surface area contributed by atoms with Crippen molar-refractivity contribution in [3.63, 3.8) is 0 Å². The lowest BCUT2D eigenvalue weighted by Gasteiger charge is -2.17. The molecule has 0 aliphatic rings. The van der Waals surface area contributed by atoms with Crippen LogP contribution in [0.1, 0.15) is 21.5 Å². The number of nitrogens with one attached hydrogen (secondary N) is 2. The van der Waals surface area contributed by atoms with Crippen LogP contribution >= 0.6 is 11.6 Å². The summed E-state index contributed by atoms with van der Waals surface area (Å²) in [5.41, 5.74) is 10.6. The largest absolute Gasteiger partial charge is 0.481 e. The number of carboxylic acids is 1. The summed E-state index contributed by atoms with van der Waals surface area (Å²) < 4.78 is 5.72. The van der Waals surface area contributed by atoms with Gasteiger partial charge in [-0.25, -0.2) is 4.79 Å². The standard InChI is InChI=1S/C29H26ClN3O4/c30-22-11-14-26(25(15-22)29(36)33-23-12-9-19(16-31)10-13-23)32-17-21-7-4-8-24(20-5-2-1-3-6-20)28(21)37-18-27(34)35/h1-15,32H,16-18,31H2,(H,33,36)(H,34,35). The number of anilines is 2. The van der Waals surface area contributed by atoms with Gasteiger partial charge in [-0.05, 0) is 41.5 Å². The number of para-hydroxylation sites is 1. The molecule has 0 heterocycles. The molecular formula is C29H26ClN3O4. The Labute approximate surface area is 219 Å². The summed E-state index contributed by atoms with van der Waals surface area (Å²) in [7, 11) is 0. The molecule has 4 aromatic carbocycles. The molecule has 0 fully saturated rings. The van der Waals surface area contributed by atoms with Crippen molar-refractivity contribution >= 4 is 34.9 Å². The molecule has 0 aromatic heterocycles. The first-order valence-electron chi connectivity index (χ1n) is 11.6. The van der Waals surface area contributed by atoms with E-state index in [-0.39, 0.29) is 12.5 Å². The highest BCUT2D eigenvalue weighted by Gasteiger charge is 2.16. The fraction of sp³-hybridized carbons (Fsp3) is 0.103. The molecule has 5 N–H and O–H groups in total. The molecule has 7 nitrogen and oxygen atoms in total. The van der Waals surface area contributed by atoms with Gasteiger partial charge >= 0.3 is 5.97 Å². The van der Waals surface area contributed by atoms with Crippen molar-refractivity contribution < 1.29 is 19.4 Å². The van der Waals surface area contributed by atoms with Crippen LogP contribution in [0, 0.1) is 0 Å². The van der Waals surface area contributed by atoms with Crippen LogP contribution in [0.25, 0.3) is 11.1 Å². The number of carbonyl (C=O) groups excluding carboxylic acids is 1. The average molecular weight is 516 g/mol. The summed E-state index contributed by atoms with van der Waals surface area (Å²) in [6, 6.07) is 27.5. The molecule has 0 atom stereocenters. The van der Waals surface area contributed by atoms with E-state index in [0.717, 1.165) is 22.3 Å². The highest BCUT2D eigenvalue weighted by Crippen LogP contribution is 2.34. The van der Waals surface area contributed by atoms with Gasteiger partial charge in [0.15, 0.2) is 6.61 Å². The topological polar surface area (TPSA) is 114 Å². The van der Waals surface area contributed by atoms with E-state index in [0.29, 0.717) is 34.3 Å². The number of benzene rings is 4. The maximum Gasteiger partial charge on any atom is 0.341 e. The van der Waals surface area contributed by atoms with E-state index in [1.165, 1.54) is 0 Å². The zero-order valence-corrected chi connectivity index (χ0v) is 20.7. The number of aliphatic carboxylic acids is 1. The average Bonchev–Trinajstić information content (AvgIpc) is 2.92. The smallest absolute Gasteiger partial charge is 0.341 e. The number of halogens is 1. The molecule has 1 amide bonds. The molecule has 4 rings (SSSR count). The fourth-order valence-electron chi connectivity index (χ4n) is 3.84. The van der Waals surface area contributed by atoms with Crippen LogP contribution in [0.2, 0.25) is 5.02 Å². The Morgan fingerprint density at radius 3 is 2.38 bits per heavy atom. The minimum atomic E-state index is -1.07. The normalized spacial score (nSPS) is 10.5. The van der Waals surface area contributed by atoms with E-state index in [4.69, 9.17) is 22.1 Å². The number of carboxylic acid groups (broad SMARTS) is 1. The molecule has 0 unspecified atom stereocenters. The SMILES string of the molecule is NCc1ccc(NC(=O)c2cc(Cl)ccc2NCc2cccc(-c3ccccc3)c2OCC(=O)O)cc1. The molecule has 0 bridgehead atoms. The third-order valence-corrected chi connectivity index (χ3v) is 5.90. The Kier molecular flexibility index (Phi) is 8.40. The minimum Gasteiger partial charge on any atom is -0.481 e. The molecule has 8 heteroatoms. The zero-order valence-electron chi connectivity index (χ0n) is 19.9. The van der Waals surface area contributed by atoms with Crippen LogP contribution in [0.15, 0.2) is 91.0 Å². The van der Waals surface area contributed by atoms with Gasteiger partial charge in [0.2, 0.25) is 0 Å². The van der Waals surface area contributed by atoms with Crippen LogP contribution in [0.5, 0.6) is 5.75 Å². The molecule has 0 radical (unpaired) electrons. The maximum atomic E-state index is 13.1. The quantitative estimate of drug-likeness (QED) is 0.212. The van der Waals surface area contributed by atoms with Gasteiger partial charge in [0, 0.05) is 40.6 Å². The van der Waals surface area contributed by atoms with Gasteiger partial charge in [-0.15, -0.1) is 0 Å². The van der Waals surface area contributed by atoms with E-state index in [9.17, 15) is 14.7 Å². The summed E-state index contributed by atoms with van der Waals surface area (Å²) in [6.07, 6.45) is 0. The third-order valence-electron chi connectivity index (χ3n) is 5.66. The van der Waals surface area contributed by atoms with E-state index < -0.39 is 12.6 Å². The number of hydrogen-bond acceptors (Lipinski definition) is 5. The Morgan fingerprint density at radius 2 is 1.68 bits per heavy atom. The first kappa shape index (κ1) is 25.8. The number of ether oxygens (including phenoxy) is 1. The predicted octanol–water partition coefficient (Wildman–Crippen LogP) is 5.79. The van der Waals surface area contributed by atoms with Crippen molar-refractivity contribution in [2.45, 2.75) is 13.1 Å². The lowest BCUT2D eigenvalue weighted by atomic mass is 10.0. The van der Waals surface area contributed by atoms with Crippen molar-refractivity contribution in [1.29, 1.82) is 0 Å². The van der Waals surface area contributed by atoms with Crippen LogP contribution in [0.3, 0.4) is 0 Å². The Bertz CT molecular complexity index is 1390. The van der Waals surface area contributed by atoms with Gasteiger partial charge in [-0.3, -0.25) is 4.79 Å². The number of rotatable bonds is 10. The maximum absolute atomic E-state index is 13.1. The van der Waals surface area contributed by atoms with Gasteiger partial charge in [-0.2, -0.15) is 0 Å². The van der Waals surface area contributed by atoms with Gasteiger partial charge in [0.1, 0.15) is 5.75 Å². The molecule has 0 aliphatic heterocycles. The summed E-state index contributed by atoms with van der Waals surface area (Å²) in [5, 5.41) is 15.8. The Hall–Kier alpha value is -4.33. The molecule has 0 saturated heterocycles. The van der Waals surface area contributed by atoms with E-state index >= 15 is 0 Å². The van der Waals surface area contributed by atoms with E-state index in [1.807, 2.05) is 60.7 Å². The van der Waals surface area contributed by atoms with Crippen LogP contribution in [0.4, 0.5) is 11.4 Å². The monoisotopic (exact) mass is 515 g/mol. The van der Waals surface area contributed by atoms with E-state index in [2.05, 4.69) is 10.6 Å². The van der Waals surface area contributed by atoms with Gasteiger partial charge < -0.3 is 26.2 Å². The predicted molar refractivity (Wildman–Crippen MR) is 146 cm³/mol. The van der Waals surface area contributed by atoms with Crippen LogP contribution < -0.4 is 21.1 Å². The van der Waals surface area contributed by atoms with E-state index in [1.54, 1.807) is 30.3 Å². The highest BCUT2D eigenvalue weighted by molar-refractivity contribution is 6.31. The lowest BCUT2D eigenvalue weighted by molar-refractivity contribution is -0.139. The van der Waals surface area contributed by atoms with Crippen LogP contribution in [-0.2, 0) is 17.9 Å². The van der Waals surface area contributed by atoms with Crippen molar-refractivity contribution in [2.75, 3.05) is 17.2 Å². The Morgan fingerprint density at radius 1 is 0.919 bits per heavy atom.